The number of hydrogen-bond donors (Lipinski definition) is 3. The van der Waals surface area contributed by atoms with Crippen LogP contribution in [0.1, 0.15) is 29.7 Å². The van der Waals surface area contributed by atoms with E-state index in [0.29, 0.717) is 5.56 Å². The van der Waals surface area contributed by atoms with E-state index in [1.807, 2.05) is 6.07 Å². The van der Waals surface area contributed by atoms with Gasteiger partial charge in [-0.15, -0.1) is 0 Å². The highest BCUT2D eigenvalue weighted by atomic mass is 19.2. The smallest absolute Gasteiger partial charge is 0.315 e. The molecule has 0 saturated carbocycles. The fourth-order valence-electron chi connectivity index (χ4n) is 2.20. The summed E-state index contributed by atoms with van der Waals surface area (Å²) in [6.45, 7) is 1.79. The summed E-state index contributed by atoms with van der Waals surface area (Å²) in [5.74, 6) is -2.06. The number of aliphatic hydroxyl groups is 1. The second-order valence-electron chi connectivity index (χ2n) is 5.54. The Morgan fingerprint density at radius 3 is 2.48 bits per heavy atom. The molecule has 2 atom stereocenters. The van der Waals surface area contributed by atoms with E-state index in [-0.39, 0.29) is 12.1 Å². The van der Waals surface area contributed by atoms with Crippen molar-refractivity contribution < 1.29 is 18.7 Å². The van der Waals surface area contributed by atoms with E-state index in [0.717, 1.165) is 17.7 Å². The molecule has 2 aromatic rings. The van der Waals surface area contributed by atoms with Gasteiger partial charge in [-0.2, -0.15) is 5.26 Å². The summed E-state index contributed by atoms with van der Waals surface area (Å²) in [7, 11) is 0. The number of amides is 2. The molecule has 3 N–H and O–H groups in total. The largest absolute Gasteiger partial charge is 0.386 e. The maximum Gasteiger partial charge on any atom is 0.315 e. The summed E-state index contributed by atoms with van der Waals surface area (Å²) in [6.07, 6.45) is -1.18. The number of halogens is 2. The van der Waals surface area contributed by atoms with Crippen LogP contribution in [0.2, 0.25) is 0 Å². The minimum Gasteiger partial charge on any atom is -0.386 e. The van der Waals surface area contributed by atoms with Crippen LogP contribution in [-0.4, -0.2) is 17.2 Å². The van der Waals surface area contributed by atoms with Gasteiger partial charge >= 0.3 is 6.03 Å². The van der Waals surface area contributed by atoms with Crippen molar-refractivity contribution >= 4 is 6.03 Å². The van der Waals surface area contributed by atoms with Crippen LogP contribution in [0.3, 0.4) is 0 Å². The van der Waals surface area contributed by atoms with Crippen LogP contribution < -0.4 is 10.6 Å². The van der Waals surface area contributed by atoms with Crippen LogP contribution >= 0.6 is 0 Å². The molecular formula is C18H17F2N3O2. The van der Waals surface area contributed by atoms with E-state index in [2.05, 4.69) is 10.6 Å². The van der Waals surface area contributed by atoms with Crippen LogP contribution in [0.15, 0.2) is 42.5 Å². The lowest BCUT2D eigenvalue weighted by Crippen LogP contribution is -2.43. The monoisotopic (exact) mass is 345 g/mol. The lowest BCUT2D eigenvalue weighted by atomic mass is 10.0. The predicted octanol–water partition coefficient (Wildman–Crippen LogP) is 2.76. The van der Waals surface area contributed by atoms with Gasteiger partial charge in [0.05, 0.1) is 23.8 Å². The third kappa shape index (κ3) is 4.99. The van der Waals surface area contributed by atoms with Crippen LogP contribution in [0, 0.1) is 23.0 Å². The fraction of sp³-hybridized carbons (Fsp3) is 0.222. The number of aliphatic hydroxyl groups excluding tert-OH is 1. The Labute approximate surface area is 143 Å². The molecule has 0 heterocycles. The summed E-state index contributed by atoms with van der Waals surface area (Å²) in [5.41, 5.74) is 1.50. The van der Waals surface area contributed by atoms with E-state index in [9.17, 15) is 18.7 Å². The van der Waals surface area contributed by atoms with E-state index in [1.165, 1.54) is 6.07 Å². The molecule has 0 bridgehead atoms. The molecule has 0 radical (unpaired) electrons. The lowest BCUT2D eigenvalue weighted by Gasteiger charge is -2.21. The van der Waals surface area contributed by atoms with Crippen molar-refractivity contribution in [3.05, 3.63) is 70.8 Å². The van der Waals surface area contributed by atoms with Crippen LogP contribution in [0.5, 0.6) is 0 Å². The highest BCUT2D eigenvalue weighted by molar-refractivity contribution is 5.74. The molecule has 0 aliphatic heterocycles. The zero-order valence-corrected chi connectivity index (χ0v) is 13.5. The van der Waals surface area contributed by atoms with Crippen molar-refractivity contribution in [2.24, 2.45) is 0 Å². The van der Waals surface area contributed by atoms with Gasteiger partial charge in [0.1, 0.15) is 0 Å². The second kappa shape index (κ2) is 8.22. The molecule has 0 aliphatic carbocycles. The average Bonchev–Trinajstić information content (AvgIpc) is 2.62. The number of rotatable bonds is 5. The number of carbonyl (C=O) groups is 1. The Bertz CT molecular complexity index is 788. The number of benzene rings is 2. The zero-order valence-electron chi connectivity index (χ0n) is 13.5. The molecule has 2 unspecified atom stereocenters. The Balaban J connectivity index is 1.88. The molecule has 0 aromatic heterocycles. The van der Waals surface area contributed by atoms with Gasteiger partial charge in [-0.05, 0) is 42.3 Å². The van der Waals surface area contributed by atoms with Gasteiger partial charge < -0.3 is 15.7 Å². The summed E-state index contributed by atoms with van der Waals surface area (Å²) in [5, 5.41) is 24.0. The first-order valence-corrected chi connectivity index (χ1v) is 7.57. The molecular weight excluding hydrogens is 328 g/mol. The Kier molecular flexibility index (Phi) is 6.03. The van der Waals surface area contributed by atoms with E-state index < -0.39 is 29.8 Å². The number of urea groups is 1. The molecule has 2 aromatic carbocycles. The highest BCUT2D eigenvalue weighted by Gasteiger charge is 2.19. The summed E-state index contributed by atoms with van der Waals surface area (Å²) in [4.78, 5) is 11.9. The first kappa shape index (κ1) is 18.4. The Morgan fingerprint density at radius 2 is 1.88 bits per heavy atom. The van der Waals surface area contributed by atoms with Crippen molar-refractivity contribution in [1.82, 2.24) is 10.6 Å². The standard InChI is InChI=1S/C18H17F2N3O2/c1-11(17(24)14-6-7-15(19)16(20)8-14)23-18(25)22-10-13-4-2-12(9-21)3-5-13/h2-8,11,17,24H,10H2,1H3,(H2,22,23,25). The Morgan fingerprint density at radius 1 is 1.20 bits per heavy atom. The number of carbonyl (C=O) groups excluding carboxylic acids is 1. The normalized spacial score (nSPS) is 12.8. The number of nitrogens with one attached hydrogen (secondary N) is 2. The van der Waals surface area contributed by atoms with Crippen molar-refractivity contribution in [2.45, 2.75) is 25.6 Å². The van der Waals surface area contributed by atoms with Gasteiger partial charge in [0.25, 0.3) is 0 Å². The quantitative estimate of drug-likeness (QED) is 0.779. The van der Waals surface area contributed by atoms with Gasteiger partial charge in [0.2, 0.25) is 0 Å². The van der Waals surface area contributed by atoms with Gasteiger partial charge in [0.15, 0.2) is 11.6 Å². The third-order valence-corrected chi connectivity index (χ3v) is 3.65. The molecule has 2 amide bonds. The fourth-order valence-corrected chi connectivity index (χ4v) is 2.20. The van der Waals surface area contributed by atoms with Crippen LogP contribution in [0.25, 0.3) is 0 Å². The molecule has 0 fully saturated rings. The molecule has 0 aliphatic rings. The van der Waals surface area contributed by atoms with E-state index in [1.54, 1.807) is 31.2 Å². The first-order valence-electron chi connectivity index (χ1n) is 7.57. The van der Waals surface area contributed by atoms with Crippen molar-refractivity contribution in [3.8, 4) is 6.07 Å². The molecule has 0 spiro atoms. The minimum atomic E-state index is -1.18. The van der Waals surface area contributed by atoms with Crippen LogP contribution in [-0.2, 0) is 6.54 Å². The lowest BCUT2D eigenvalue weighted by molar-refractivity contribution is 0.137. The van der Waals surface area contributed by atoms with Gasteiger partial charge in [-0.25, -0.2) is 13.6 Å². The molecule has 5 nitrogen and oxygen atoms in total. The summed E-state index contributed by atoms with van der Waals surface area (Å²) in [6, 6.07) is 10.6. The number of nitriles is 1. The molecule has 130 valence electrons. The molecule has 25 heavy (non-hydrogen) atoms. The number of hydrogen-bond acceptors (Lipinski definition) is 3. The molecule has 2 rings (SSSR count). The summed E-state index contributed by atoms with van der Waals surface area (Å²) < 4.78 is 26.2. The highest BCUT2D eigenvalue weighted by Crippen LogP contribution is 2.19. The molecule has 7 heteroatoms. The van der Waals surface area contributed by atoms with Crippen LogP contribution in [0.4, 0.5) is 13.6 Å². The van der Waals surface area contributed by atoms with Gasteiger partial charge in [0, 0.05) is 6.54 Å². The maximum atomic E-state index is 13.2. The van der Waals surface area contributed by atoms with E-state index >= 15 is 0 Å². The minimum absolute atomic E-state index is 0.166. The van der Waals surface area contributed by atoms with Crippen molar-refractivity contribution in [3.63, 3.8) is 0 Å². The first-order chi connectivity index (χ1) is 11.9. The van der Waals surface area contributed by atoms with Crippen molar-refractivity contribution in [1.29, 1.82) is 5.26 Å². The zero-order chi connectivity index (χ0) is 18.4. The predicted molar refractivity (Wildman–Crippen MR) is 87.3 cm³/mol. The SMILES string of the molecule is CC(NC(=O)NCc1ccc(C#N)cc1)C(O)c1ccc(F)c(F)c1. The van der Waals surface area contributed by atoms with Gasteiger partial charge in [-0.3, -0.25) is 0 Å². The second-order valence-corrected chi connectivity index (χ2v) is 5.54. The van der Waals surface area contributed by atoms with Gasteiger partial charge in [-0.1, -0.05) is 18.2 Å². The number of nitrogens with zero attached hydrogens (tertiary/aromatic N) is 1. The summed E-state index contributed by atoms with van der Waals surface area (Å²) >= 11 is 0. The third-order valence-electron chi connectivity index (χ3n) is 3.65. The average molecular weight is 345 g/mol. The molecule has 0 saturated heterocycles. The Hall–Kier alpha value is -2.98. The van der Waals surface area contributed by atoms with E-state index in [4.69, 9.17) is 5.26 Å². The van der Waals surface area contributed by atoms with Crippen molar-refractivity contribution in [2.75, 3.05) is 0 Å². The maximum absolute atomic E-state index is 13.2. The topological polar surface area (TPSA) is 85.2 Å².